The zero-order valence-corrected chi connectivity index (χ0v) is 34.2. The van der Waals surface area contributed by atoms with Crippen LogP contribution in [0.2, 0.25) is 5.02 Å². The van der Waals surface area contributed by atoms with Gasteiger partial charge in [-0.3, -0.25) is 24.4 Å². The number of ether oxygens (including phenoxy) is 1. The zero-order chi connectivity index (χ0) is 41.5. The number of rotatable bonds is 7. The molecule has 2 amide bonds. The van der Waals surface area contributed by atoms with E-state index in [2.05, 4.69) is 43.3 Å². The second-order valence-corrected chi connectivity index (χ2v) is 17.9. The van der Waals surface area contributed by atoms with Gasteiger partial charge in [-0.1, -0.05) is 11.6 Å². The molecule has 3 aliphatic heterocycles. The lowest BCUT2D eigenvalue weighted by Crippen LogP contribution is -2.44. The van der Waals surface area contributed by atoms with Crippen LogP contribution in [0.4, 0.5) is 37.6 Å². The van der Waals surface area contributed by atoms with E-state index in [1.165, 1.54) is 4.57 Å². The molecule has 17 heteroatoms. The highest BCUT2D eigenvalue weighted by Gasteiger charge is 2.51. The first kappa shape index (κ1) is 38.7. The Morgan fingerprint density at radius 2 is 1.68 bits per heavy atom. The van der Waals surface area contributed by atoms with Gasteiger partial charge in [0.2, 0.25) is 23.5 Å². The van der Waals surface area contributed by atoms with Crippen molar-refractivity contribution in [3.8, 4) is 5.75 Å². The summed E-state index contributed by atoms with van der Waals surface area (Å²) in [4.78, 5) is 49.2. The summed E-state index contributed by atoms with van der Waals surface area (Å²) >= 11 is 6.64. The molecule has 14 nitrogen and oxygen atoms in total. The van der Waals surface area contributed by atoms with E-state index in [1.807, 2.05) is 29.9 Å². The van der Waals surface area contributed by atoms with Crippen molar-refractivity contribution < 1.29 is 23.1 Å². The number of pyridine rings is 1. The number of hydrogen-bond donors (Lipinski definition) is 4. The third-order valence-corrected chi connectivity index (χ3v) is 13.9. The van der Waals surface area contributed by atoms with Crippen molar-refractivity contribution in [2.24, 2.45) is 25.4 Å². The Hall–Kier alpha value is -5.51. The maximum atomic E-state index is 15.2. The van der Waals surface area contributed by atoms with Gasteiger partial charge in [0.05, 0.1) is 40.6 Å². The van der Waals surface area contributed by atoms with Crippen LogP contribution in [-0.2, 0) is 23.7 Å². The van der Waals surface area contributed by atoms with Gasteiger partial charge in [0.25, 0.3) is 5.56 Å². The molecule has 2 aliphatic carbocycles. The van der Waals surface area contributed by atoms with Crippen molar-refractivity contribution >= 4 is 74.0 Å². The standard InChI is InChI=1S/C43H47ClF2N10O4/c1-54-31-9-6-25(19-29(31)35-36(40(54)59)60-22-43(45,46)37(51-35)23-3-4-23)49-38-30(44)21-47-41(52-38)56-17-15-42(16-18-56)13-11-24(12-14-42)48-26-5-7-27-32(20-26)55(2)53-34(27)28-8-10-33(57)50-39(28)58/h5-7,9,19-21,23-24,28,37,48,51H,3-4,8,10-18,22H2,1-2H3,(H,47,49,52)(H,50,57,58)/t28?,37-/m0/s1. The second kappa shape index (κ2) is 14.6. The number of anilines is 5. The molecule has 4 N–H and O–H groups in total. The number of carbonyl (C=O) groups is 2. The van der Waals surface area contributed by atoms with Crippen LogP contribution in [-0.4, -0.2) is 73.8 Å². The highest BCUT2D eigenvalue weighted by molar-refractivity contribution is 6.33. The van der Waals surface area contributed by atoms with Crippen LogP contribution in [0, 0.1) is 11.3 Å². The highest BCUT2D eigenvalue weighted by atomic mass is 35.5. The average molecular weight is 841 g/mol. The quantitative estimate of drug-likeness (QED) is 0.125. The third kappa shape index (κ3) is 6.95. The number of aryl methyl sites for hydroxylation is 2. The molecular weight excluding hydrogens is 794 g/mol. The summed E-state index contributed by atoms with van der Waals surface area (Å²) in [6.45, 7) is 0.783. The van der Waals surface area contributed by atoms with E-state index in [4.69, 9.17) is 26.4 Å². The topological polar surface area (TPSA) is 160 Å². The summed E-state index contributed by atoms with van der Waals surface area (Å²) in [5, 5.41) is 19.1. The van der Waals surface area contributed by atoms with Crippen molar-refractivity contribution in [3.63, 3.8) is 0 Å². The smallest absolute Gasteiger partial charge is 0.301 e. The van der Waals surface area contributed by atoms with Crippen LogP contribution >= 0.6 is 11.6 Å². The number of nitrogens with one attached hydrogen (secondary N) is 4. The SMILES string of the molecule is Cn1nc(C2CCC(=O)NC2=O)c2ccc(NC3CCC4(CC3)CCN(c3ncc(Cl)c(Nc5ccc6c(c5)c5c(c(=O)n6C)OCC(F)(F)[C@H](C6CC6)N5)n3)CC4)cc21. The van der Waals surface area contributed by atoms with Crippen LogP contribution in [0.5, 0.6) is 5.75 Å². The average Bonchev–Trinajstić information content (AvgIpc) is 4.04. The predicted octanol–water partition coefficient (Wildman–Crippen LogP) is 6.99. The van der Waals surface area contributed by atoms with Crippen molar-refractivity contribution in [3.05, 3.63) is 63.7 Å². The molecule has 5 aliphatic rings. The van der Waals surface area contributed by atoms with Crippen LogP contribution in [0.3, 0.4) is 0 Å². The maximum absolute atomic E-state index is 15.2. The summed E-state index contributed by atoms with van der Waals surface area (Å²) in [6, 6.07) is 10.8. The lowest BCUT2D eigenvalue weighted by molar-refractivity contribution is -0.134. The van der Waals surface area contributed by atoms with E-state index >= 15 is 8.78 Å². The summed E-state index contributed by atoms with van der Waals surface area (Å²) in [5.74, 6) is -3.36. The van der Waals surface area contributed by atoms with E-state index in [0.717, 1.165) is 68.2 Å². The van der Waals surface area contributed by atoms with Gasteiger partial charge in [0.1, 0.15) is 5.02 Å². The Kier molecular flexibility index (Phi) is 9.41. The van der Waals surface area contributed by atoms with Crippen molar-refractivity contribution in [1.29, 1.82) is 0 Å². The van der Waals surface area contributed by atoms with Crippen molar-refractivity contribution in [2.75, 3.05) is 40.5 Å². The molecule has 314 valence electrons. The van der Waals surface area contributed by atoms with Gasteiger partial charge in [-0.2, -0.15) is 10.1 Å². The molecule has 4 fully saturated rings. The minimum Gasteiger partial charge on any atom is -0.480 e. The molecule has 5 aromatic rings. The predicted molar refractivity (Wildman–Crippen MR) is 226 cm³/mol. The van der Waals surface area contributed by atoms with Crippen molar-refractivity contribution in [1.82, 2.24) is 29.6 Å². The first-order chi connectivity index (χ1) is 28.8. The monoisotopic (exact) mass is 840 g/mol. The van der Waals surface area contributed by atoms with Crippen LogP contribution in [0.1, 0.15) is 75.8 Å². The number of fused-ring (bicyclic) bond motifs is 4. The minimum absolute atomic E-state index is 0.106. The number of benzene rings is 2. The maximum Gasteiger partial charge on any atom is 0.301 e. The molecule has 60 heavy (non-hydrogen) atoms. The van der Waals surface area contributed by atoms with Crippen LogP contribution < -0.4 is 36.5 Å². The number of alkyl halides is 2. The Labute approximate surface area is 349 Å². The molecule has 3 aromatic heterocycles. The number of carbonyl (C=O) groups excluding carboxylic acids is 2. The summed E-state index contributed by atoms with van der Waals surface area (Å²) in [7, 11) is 3.50. The van der Waals surface area contributed by atoms with E-state index in [-0.39, 0.29) is 34.6 Å². The molecule has 0 radical (unpaired) electrons. The summed E-state index contributed by atoms with van der Waals surface area (Å²) in [6.07, 6.45) is 10.2. The van der Waals surface area contributed by atoms with Gasteiger partial charge < -0.3 is 30.2 Å². The molecule has 1 spiro atoms. The molecule has 1 unspecified atom stereocenters. The molecule has 6 heterocycles. The van der Waals surface area contributed by atoms with E-state index in [1.54, 1.807) is 19.3 Å². The normalized spacial score (nSPS) is 22.9. The number of imide groups is 1. The zero-order valence-electron chi connectivity index (χ0n) is 33.5. The Bertz CT molecular complexity index is 2610. The fourth-order valence-corrected chi connectivity index (χ4v) is 10.0. The van der Waals surface area contributed by atoms with Crippen LogP contribution in [0.25, 0.3) is 21.8 Å². The summed E-state index contributed by atoms with van der Waals surface area (Å²) < 4.78 is 39.1. The molecular formula is C43H47ClF2N10O4. The van der Waals surface area contributed by atoms with Gasteiger partial charge in [-0.25, -0.2) is 13.8 Å². The lowest BCUT2D eigenvalue weighted by atomic mass is 9.67. The summed E-state index contributed by atoms with van der Waals surface area (Å²) in [5.41, 5.74) is 3.96. The first-order valence-corrected chi connectivity index (χ1v) is 21.3. The van der Waals surface area contributed by atoms with Gasteiger partial charge in [-0.15, -0.1) is 0 Å². The Morgan fingerprint density at radius 3 is 2.43 bits per heavy atom. The number of aromatic nitrogens is 5. The number of halogens is 3. The molecule has 2 aromatic carbocycles. The fraction of sp³-hybridized carbons (Fsp3) is 0.488. The van der Waals surface area contributed by atoms with E-state index in [0.29, 0.717) is 70.8 Å². The third-order valence-electron chi connectivity index (χ3n) is 13.6. The minimum atomic E-state index is -3.13. The fourth-order valence-electron chi connectivity index (χ4n) is 9.90. The molecule has 2 saturated carbocycles. The number of nitrogens with zero attached hydrogens (tertiary/aromatic N) is 6. The molecule has 10 rings (SSSR count). The van der Waals surface area contributed by atoms with Gasteiger partial charge in [0.15, 0.2) is 12.4 Å². The molecule has 2 atom stereocenters. The number of hydrogen-bond acceptors (Lipinski definition) is 11. The van der Waals surface area contributed by atoms with E-state index in [9.17, 15) is 14.4 Å². The van der Waals surface area contributed by atoms with Gasteiger partial charge in [0, 0.05) is 61.8 Å². The first-order valence-electron chi connectivity index (χ1n) is 20.9. The second-order valence-electron chi connectivity index (χ2n) is 17.5. The number of piperidine rings is 2. The molecule has 2 saturated heterocycles. The van der Waals surface area contributed by atoms with Crippen LogP contribution in [0.15, 0.2) is 47.4 Å². The highest BCUT2D eigenvalue weighted by Crippen LogP contribution is 2.47. The Balaban J connectivity index is 0.791. The van der Waals surface area contributed by atoms with Gasteiger partial charge in [-0.05, 0) is 106 Å². The number of amides is 2. The molecule has 0 bridgehead atoms. The van der Waals surface area contributed by atoms with E-state index < -0.39 is 30.0 Å². The van der Waals surface area contributed by atoms with Crippen molar-refractivity contribution in [2.45, 2.75) is 88.1 Å². The lowest BCUT2D eigenvalue weighted by Gasteiger charge is -2.46. The van der Waals surface area contributed by atoms with Gasteiger partial charge >= 0.3 is 5.92 Å². The largest absolute Gasteiger partial charge is 0.480 e. The Morgan fingerprint density at radius 1 is 0.917 bits per heavy atom.